The van der Waals surface area contributed by atoms with Crippen molar-refractivity contribution in [2.75, 3.05) is 5.75 Å². The third kappa shape index (κ3) is 3.34. The van der Waals surface area contributed by atoms with E-state index in [1.54, 1.807) is 8.85 Å². The Balaban J connectivity index is 2.18. The van der Waals surface area contributed by atoms with E-state index in [4.69, 9.17) is 8.12 Å². The zero-order valence-corrected chi connectivity index (χ0v) is 9.02. The molecule has 1 N–H and O–H groups in total. The maximum absolute atomic E-state index is 10.6. The van der Waals surface area contributed by atoms with E-state index in [1.165, 1.54) is 0 Å². The van der Waals surface area contributed by atoms with Crippen molar-refractivity contribution in [2.24, 2.45) is 0 Å². The number of carboxylic acid groups (broad SMARTS) is 1. The summed E-state index contributed by atoms with van der Waals surface area (Å²) < 4.78 is 5.55. The number of hydrogen-bond acceptors (Lipinski definition) is 4. The molecule has 0 atom stereocenters. The standard InChI is InChI=1S/C3H5O2.C2H4O2S.Sb/c1-2-3(4)5;3-2(4)1-5;/h1-2H2,(H,4,5);5H,1H2,(H,3,4);/q;;+2/p-2. The number of carbonyl (C=O) groups is 2. The molecule has 0 amide bonds. The average molecular weight is 285 g/mol. The Morgan fingerprint density at radius 2 is 2.55 bits per heavy atom. The number of hydrogen-bond donors (Lipinski definition) is 1. The van der Waals surface area contributed by atoms with Gasteiger partial charge in [-0.3, -0.25) is 0 Å². The molecule has 0 aromatic heterocycles. The first-order chi connectivity index (χ1) is 5.18. The molecule has 11 heavy (non-hydrogen) atoms. The SMILES string of the molecule is O=C(O)C[CH2][Sb]1[O]C(=O)C[S]1. The molecule has 0 spiro atoms. The molecule has 1 aliphatic heterocycles. The van der Waals surface area contributed by atoms with E-state index in [0.717, 1.165) is 0 Å². The van der Waals surface area contributed by atoms with Gasteiger partial charge >= 0.3 is 74.3 Å². The second-order valence-electron chi connectivity index (χ2n) is 1.94. The minimum atomic E-state index is -1.92. The van der Waals surface area contributed by atoms with E-state index < -0.39 is 25.2 Å². The van der Waals surface area contributed by atoms with Crippen molar-refractivity contribution in [1.82, 2.24) is 0 Å². The monoisotopic (exact) mass is 284 g/mol. The average Bonchev–Trinajstić information content (AvgIpc) is 2.31. The van der Waals surface area contributed by atoms with E-state index >= 15 is 0 Å². The zero-order valence-electron chi connectivity index (χ0n) is 5.65. The topological polar surface area (TPSA) is 63.6 Å². The van der Waals surface area contributed by atoms with Gasteiger partial charge in [-0.25, -0.2) is 0 Å². The van der Waals surface area contributed by atoms with E-state index in [0.29, 0.717) is 10.1 Å². The molecule has 0 aliphatic carbocycles. The molecule has 0 unspecified atom stereocenters. The second-order valence-corrected chi connectivity index (χ2v) is 11.1. The van der Waals surface area contributed by atoms with Gasteiger partial charge in [0.2, 0.25) is 0 Å². The predicted octanol–water partition coefficient (Wildman–Crippen LogP) is 0.239. The molecule has 1 aliphatic rings. The van der Waals surface area contributed by atoms with Gasteiger partial charge in [0.15, 0.2) is 0 Å². The molecule has 62 valence electrons. The Bertz CT molecular complexity index is 183. The van der Waals surface area contributed by atoms with Crippen LogP contribution in [0.2, 0.25) is 4.37 Å². The van der Waals surface area contributed by atoms with E-state index in [9.17, 15) is 9.59 Å². The van der Waals surface area contributed by atoms with E-state index in [-0.39, 0.29) is 12.4 Å². The van der Waals surface area contributed by atoms with Crippen LogP contribution in [0.3, 0.4) is 0 Å². The summed E-state index contributed by atoms with van der Waals surface area (Å²) in [4.78, 5) is 20.7. The fourth-order valence-corrected chi connectivity index (χ4v) is 8.36. The van der Waals surface area contributed by atoms with Crippen molar-refractivity contribution >= 4 is 40.0 Å². The Morgan fingerprint density at radius 3 is 3.00 bits per heavy atom. The van der Waals surface area contributed by atoms with Gasteiger partial charge in [0.25, 0.3) is 0 Å². The quantitative estimate of drug-likeness (QED) is 0.752. The van der Waals surface area contributed by atoms with Gasteiger partial charge in [0.1, 0.15) is 0 Å². The van der Waals surface area contributed by atoms with Crippen LogP contribution in [0.4, 0.5) is 0 Å². The third-order valence-electron chi connectivity index (χ3n) is 1.04. The van der Waals surface area contributed by atoms with Gasteiger partial charge in [-0.1, -0.05) is 0 Å². The van der Waals surface area contributed by atoms with Crippen molar-refractivity contribution in [1.29, 1.82) is 0 Å². The summed E-state index contributed by atoms with van der Waals surface area (Å²) >= 11 is -1.92. The fraction of sp³-hybridized carbons (Fsp3) is 0.600. The fourth-order valence-electron chi connectivity index (χ4n) is 0.588. The summed E-state index contributed by atoms with van der Waals surface area (Å²) in [5, 5.41) is 8.32. The molecular weight excluding hydrogens is 278 g/mol. The van der Waals surface area contributed by atoms with Crippen LogP contribution in [0.1, 0.15) is 6.42 Å². The zero-order chi connectivity index (χ0) is 8.27. The number of aliphatic carboxylic acids is 1. The number of carboxylic acids is 1. The van der Waals surface area contributed by atoms with Gasteiger partial charge in [-0.05, 0) is 0 Å². The molecule has 0 aromatic rings. The summed E-state index contributed by atoms with van der Waals surface area (Å²) in [7, 11) is 1.54. The Labute approximate surface area is 74.2 Å². The molecule has 1 saturated heterocycles. The maximum atomic E-state index is 10.6. The van der Waals surface area contributed by atoms with Crippen molar-refractivity contribution < 1.29 is 17.7 Å². The van der Waals surface area contributed by atoms with Crippen molar-refractivity contribution in [3.63, 3.8) is 0 Å². The number of carbonyl (C=O) groups excluding carboxylic acids is 1. The molecule has 1 fully saturated rings. The van der Waals surface area contributed by atoms with Crippen LogP contribution in [-0.4, -0.2) is 42.0 Å². The molecule has 0 bridgehead atoms. The first-order valence-corrected chi connectivity index (χ1v) is 9.93. The van der Waals surface area contributed by atoms with E-state index in [2.05, 4.69) is 0 Å². The molecule has 0 aromatic carbocycles. The molecule has 1 heterocycles. The van der Waals surface area contributed by atoms with Crippen molar-refractivity contribution in [3.05, 3.63) is 0 Å². The van der Waals surface area contributed by atoms with Gasteiger partial charge in [0.05, 0.1) is 0 Å². The summed E-state index contributed by atoms with van der Waals surface area (Å²) in [5.41, 5.74) is 0. The normalized spacial score (nSPS) is 18.4. The van der Waals surface area contributed by atoms with Crippen LogP contribution in [0.5, 0.6) is 0 Å². The first-order valence-electron chi connectivity index (χ1n) is 3.01. The first kappa shape index (κ1) is 9.20. The van der Waals surface area contributed by atoms with Crippen LogP contribution < -0.4 is 0 Å². The summed E-state index contributed by atoms with van der Waals surface area (Å²) in [6, 6.07) is 0. The summed E-state index contributed by atoms with van der Waals surface area (Å²) in [6.07, 6.45) is 0.142. The van der Waals surface area contributed by atoms with Crippen LogP contribution in [0, 0.1) is 0 Å². The Kier molecular flexibility index (Phi) is 3.52. The Hall–Kier alpha value is 0.108. The van der Waals surface area contributed by atoms with Crippen LogP contribution in [-0.2, 0) is 12.6 Å². The minimum absolute atomic E-state index is 0.142. The Morgan fingerprint density at radius 1 is 1.82 bits per heavy atom. The van der Waals surface area contributed by atoms with Gasteiger partial charge in [0, 0.05) is 0 Å². The van der Waals surface area contributed by atoms with Crippen LogP contribution in [0.15, 0.2) is 0 Å². The molecule has 0 radical (unpaired) electrons. The van der Waals surface area contributed by atoms with Gasteiger partial charge in [-0.15, -0.1) is 0 Å². The van der Waals surface area contributed by atoms with Crippen molar-refractivity contribution in [2.45, 2.75) is 10.8 Å². The second kappa shape index (κ2) is 4.21. The molecular formula is C5H7O4SSb. The molecule has 6 heteroatoms. The predicted molar refractivity (Wildman–Crippen MR) is 41.4 cm³/mol. The summed E-state index contributed by atoms with van der Waals surface area (Å²) in [6.45, 7) is 0. The molecule has 1 rings (SSSR count). The summed E-state index contributed by atoms with van der Waals surface area (Å²) in [5.74, 6) is -0.538. The van der Waals surface area contributed by atoms with Crippen LogP contribution in [0.25, 0.3) is 0 Å². The van der Waals surface area contributed by atoms with Crippen molar-refractivity contribution in [3.8, 4) is 0 Å². The van der Waals surface area contributed by atoms with Crippen LogP contribution >= 0.6 is 8.85 Å². The molecule has 0 saturated carbocycles. The molecule has 4 nitrogen and oxygen atoms in total. The van der Waals surface area contributed by atoms with E-state index in [1.807, 2.05) is 0 Å². The van der Waals surface area contributed by atoms with Gasteiger partial charge in [-0.2, -0.15) is 0 Å². The van der Waals surface area contributed by atoms with Gasteiger partial charge < -0.3 is 0 Å². The third-order valence-corrected chi connectivity index (χ3v) is 9.83. The number of rotatable bonds is 3.